The molecule has 3 aliphatic rings. The number of aromatic nitrogens is 1. The number of hydrogen-bond acceptors (Lipinski definition) is 5. The van der Waals surface area contributed by atoms with Crippen molar-refractivity contribution < 1.29 is 19.4 Å². The average Bonchev–Trinajstić information content (AvgIpc) is 3.35. The van der Waals surface area contributed by atoms with Crippen molar-refractivity contribution in [2.45, 2.75) is 31.7 Å². The first-order valence-electron chi connectivity index (χ1n) is 9.30. The van der Waals surface area contributed by atoms with Gasteiger partial charge in [0.15, 0.2) is 0 Å². The van der Waals surface area contributed by atoms with Gasteiger partial charge in [-0.1, -0.05) is 12.8 Å². The molecule has 1 aromatic rings. The molecule has 2 atom stereocenters. The van der Waals surface area contributed by atoms with E-state index in [0.717, 1.165) is 6.54 Å². The van der Waals surface area contributed by atoms with Crippen LogP contribution in [0.4, 0.5) is 0 Å². The molecule has 0 radical (unpaired) electrons. The Labute approximate surface area is 152 Å². The summed E-state index contributed by atoms with van der Waals surface area (Å²) >= 11 is 0. The molecular formula is C19H25N3O4. The highest BCUT2D eigenvalue weighted by Gasteiger charge is 2.59. The van der Waals surface area contributed by atoms with E-state index in [4.69, 9.17) is 4.74 Å². The molecule has 1 aromatic heterocycles. The number of nitrogens with zero attached hydrogens (tertiary/aromatic N) is 3. The van der Waals surface area contributed by atoms with Gasteiger partial charge in [-0.25, -0.2) is 4.98 Å². The predicted molar refractivity (Wildman–Crippen MR) is 94.1 cm³/mol. The van der Waals surface area contributed by atoms with Gasteiger partial charge in [0, 0.05) is 56.0 Å². The predicted octanol–water partition coefficient (Wildman–Crippen LogP) is 1.49. The lowest BCUT2D eigenvalue weighted by molar-refractivity contribution is -0.148. The van der Waals surface area contributed by atoms with Crippen LogP contribution in [-0.2, 0) is 4.79 Å². The summed E-state index contributed by atoms with van der Waals surface area (Å²) in [6.07, 6.45) is 6.35. The molecule has 7 nitrogen and oxygen atoms in total. The summed E-state index contributed by atoms with van der Waals surface area (Å²) in [5, 5.41) is 9.99. The molecule has 1 N–H and O–H groups in total. The van der Waals surface area contributed by atoms with Crippen LogP contribution in [0.15, 0.2) is 18.3 Å². The molecule has 3 fully saturated rings. The van der Waals surface area contributed by atoms with Gasteiger partial charge in [0.25, 0.3) is 5.91 Å². The van der Waals surface area contributed by atoms with Gasteiger partial charge >= 0.3 is 5.97 Å². The molecule has 0 aromatic carbocycles. The van der Waals surface area contributed by atoms with Crippen LogP contribution in [0, 0.1) is 11.3 Å². The van der Waals surface area contributed by atoms with E-state index in [0.29, 0.717) is 30.6 Å². The molecule has 2 saturated heterocycles. The molecule has 1 amide bonds. The van der Waals surface area contributed by atoms with Gasteiger partial charge in [-0.2, -0.15) is 0 Å². The van der Waals surface area contributed by atoms with Crippen LogP contribution in [0.25, 0.3) is 0 Å². The topological polar surface area (TPSA) is 83.0 Å². The van der Waals surface area contributed by atoms with Crippen molar-refractivity contribution in [3.8, 4) is 5.88 Å². The van der Waals surface area contributed by atoms with Crippen LogP contribution in [-0.4, -0.2) is 71.1 Å². The van der Waals surface area contributed by atoms with Gasteiger partial charge in [0.2, 0.25) is 5.88 Å². The summed E-state index contributed by atoms with van der Waals surface area (Å²) in [6.45, 7) is 2.11. The molecule has 26 heavy (non-hydrogen) atoms. The largest absolute Gasteiger partial charge is 0.481 e. The van der Waals surface area contributed by atoms with Crippen LogP contribution in [0.5, 0.6) is 5.88 Å². The van der Waals surface area contributed by atoms with E-state index >= 15 is 0 Å². The molecule has 140 valence electrons. The molecular weight excluding hydrogens is 334 g/mol. The Morgan fingerprint density at radius 2 is 2.04 bits per heavy atom. The molecule has 1 aliphatic carbocycles. The number of carbonyl (C=O) groups excluding carboxylic acids is 1. The summed E-state index contributed by atoms with van der Waals surface area (Å²) < 4.78 is 5.09. The monoisotopic (exact) mass is 359 g/mol. The van der Waals surface area contributed by atoms with Crippen LogP contribution in [0.1, 0.15) is 36.0 Å². The van der Waals surface area contributed by atoms with Gasteiger partial charge in [-0.3, -0.25) is 14.5 Å². The third kappa shape index (κ3) is 2.74. The van der Waals surface area contributed by atoms with E-state index in [9.17, 15) is 14.7 Å². The fraction of sp³-hybridized carbons (Fsp3) is 0.632. The van der Waals surface area contributed by atoms with Crippen molar-refractivity contribution in [2.24, 2.45) is 11.3 Å². The minimum Gasteiger partial charge on any atom is -0.481 e. The zero-order chi connectivity index (χ0) is 18.3. The molecule has 3 heterocycles. The van der Waals surface area contributed by atoms with E-state index in [2.05, 4.69) is 9.88 Å². The van der Waals surface area contributed by atoms with Crippen molar-refractivity contribution >= 4 is 11.9 Å². The summed E-state index contributed by atoms with van der Waals surface area (Å²) in [7, 11) is 1.51. The lowest BCUT2D eigenvalue weighted by atomic mass is 9.81. The highest BCUT2D eigenvalue weighted by Crippen LogP contribution is 2.45. The third-order valence-electron chi connectivity index (χ3n) is 6.38. The van der Waals surface area contributed by atoms with E-state index in [-0.39, 0.29) is 18.4 Å². The quantitative estimate of drug-likeness (QED) is 0.877. The number of ether oxygens (including phenoxy) is 1. The molecule has 2 aliphatic heterocycles. The van der Waals surface area contributed by atoms with Gasteiger partial charge in [0.1, 0.15) is 5.41 Å². The minimum absolute atomic E-state index is 0.00622. The number of likely N-dealkylation sites (tertiary alicyclic amines) is 2. The van der Waals surface area contributed by atoms with Gasteiger partial charge in [0.05, 0.1) is 7.11 Å². The van der Waals surface area contributed by atoms with Gasteiger partial charge < -0.3 is 14.7 Å². The van der Waals surface area contributed by atoms with Crippen molar-refractivity contribution in [3.63, 3.8) is 0 Å². The second kappa shape index (κ2) is 6.54. The van der Waals surface area contributed by atoms with E-state index in [1.54, 1.807) is 17.0 Å². The summed E-state index contributed by atoms with van der Waals surface area (Å²) in [6, 6.07) is 3.77. The van der Waals surface area contributed by atoms with Crippen LogP contribution >= 0.6 is 0 Å². The van der Waals surface area contributed by atoms with Crippen molar-refractivity contribution in [2.75, 3.05) is 33.3 Å². The Kier molecular flexibility index (Phi) is 4.34. The maximum atomic E-state index is 12.9. The first kappa shape index (κ1) is 17.3. The number of carbonyl (C=O) groups is 2. The van der Waals surface area contributed by atoms with E-state index in [1.807, 2.05) is 0 Å². The maximum absolute atomic E-state index is 12.9. The Hall–Kier alpha value is -2.15. The lowest BCUT2D eigenvalue weighted by Gasteiger charge is -2.28. The summed E-state index contributed by atoms with van der Waals surface area (Å²) in [5.74, 6) is -0.539. The number of rotatable bonds is 4. The van der Waals surface area contributed by atoms with E-state index < -0.39 is 11.4 Å². The van der Waals surface area contributed by atoms with Crippen molar-refractivity contribution in [3.05, 3.63) is 23.9 Å². The molecule has 0 spiro atoms. The standard InChI is InChI=1S/C19H25N3O4/c1-26-16-8-13(6-7-20-16)17(23)22-10-14-9-21(15-4-2-3-5-15)11-19(14,12-22)18(24)25/h6-8,14-15H,2-5,9-12H2,1H3,(H,24,25)/t14-,19-/m1/s1. The summed E-state index contributed by atoms with van der Waals surface area (Å²) in [4.78, 5) is 33.1. The number of pyridine rings is 1. The lowest BCUT2D eigenvalue weighted by Crippen LogP contribution is -2.43. The van der Waals surface area contributed by atoms with Gasteiger partial charge in [-0.05, 0) is 18.9 Å². The van der Waals surface area contributed by atoms with Gasteiger partial charge in [-0.15, -0.1) is 0 Å². The minimum atomic E-state index is -0.838. The number of fused-ring (bicyclic) bond motifs is 1. The number of carboxylic acids is 1. The number of amides is 1. The third-order valence-corrected chi connectivity index (χ3v) is 6.38. The van der Waals surface area contributed by atoms with Crippen molar-refractivity contribution in [1.29, 1.82) is 0 Å². The Morgan fingerprint density at radius 1 is 1.27 bits per heavy atom. The second-order valence-electron chi connectivity index (χ2n) is 7.80. The highest BCUT2D eigenvalue weighted by atomic mass is 16.5. The second-order valence-corrected chi connectivity index (χ2v) is 7.80. The Bertz CT molecular complexity index is 718. The highest BCUT2D eigenvalue weighted by molar-refractivity contribution is 5.95. The van der Waals surface area contributed by atoms with Crippen LogP contribution in [0.3, 0.4) is 0 Å². The fourth-order valence-electron chi connectivity index (χ4n) is 4.95. The number of hydrogen-bond donors (Lipinski definition) is 1. The molecule has 1 saturated carbocycles. The van der Waals surface area contributed by atoms with Crippen LogP contribution in [0.2, 0.25) is 0 Å². The van der Waals surface area contributed by atoms with Crippen molar-refractivity contribution in [1.82, 2.24) is 14.8 Å². The summed E-state index contributed by atoms with van der Waals surface area (Å²) in [5.41, 5.74) is -0.347. The molecule has 0 unspecified atom stereocenters. The number of aliphatic carboxylic acids is 1. The van der Waals surface area contributed by atoms with E-state index in [1.165, 1.54) is 39.0 Å². The van der Waals surface area contributed by atoms with Crippen LogP contribution < -0.4 is 4.74 Å². The normalized spacial score (nSPS) is 29.1. The maximum Gasteiger partial charge on any atom is 0.313 e. The zero-order valence-electron chi connectivity index (χ0n) is 15.1. The Balaban J connectivity index is 1.52. The average molecular weight is 359 g/mol. The zero-order valence-corrected chi connectivity index (χ0v) is 15.1. The fourth-order valence-corrected chi connectivity index (χ4v) is 4.95. The first-order valence-corrected chi connectivity index (χ1v) is 9.30. The Morgan fingerprint density at radius 3 is 2.69 bits per heavy atom. The molecule has 4 rings (SSSR count). The number of carboxylic acid groups (broad SMARTS) is 1. The smallest absolute Gasteiger partial charge is 0.313 e. The molecule has 0 bridgehead atoms. The first-order chi connectivity index (χ1) is 12.5. The molecule has 7 heteroatoms. The number of methoxy groups -OCH3 is 1. The SMILES string of the molecule is COc1cc(C(=O)N2C[C@H]3CN(C4CCCC4)C[C@@]3(C(=O)O)C2)ccn1.